The number of sulfonamides is 1. The van der Waals surface area contributed by atoms with Crippen LogP contribution in [0.1, 0.15) is 17.8 Å². The average molecular weight is 305 g/mol. The van der Waals surface area contributed by atoms with E-state index in [4.69, 9.17) is 9.84 Å². The van der Waals surface area contributed by atoms with Gasteiger partial charge in [-0.05, 0) is 13.8 Å². The highest BCUT2D eigenvalue weighted by Gasteiger charge is 2.24. The van der Waals surface area contributed by atoms with Gasteiger partial charge >= 0.3 is 5.97 Å². The molecule has 8 nitrogen and oxygen atoms in total. The molecule has 9 heteroatoms. The molecule has 0 amide bonds. The van der Waals surface area contributed by atoms with Crippen LogP contribution < -0.4 is 4.72 Å². The highest BCUT2D eigenvalue weighted by Crippen LogP contribution is 2.19. The molecule has 0 aliphatic carbocycles. The summed E-state index contributed by atoms with van der Waals surface area (Å²) in [6.45, 7) is 3.75. The zero-order valence-corrected chi connectivity index (χ0v) is 12.5. The quantitative estimate of drug-likeness (QED) is 0.649. The van der Waals surface area contributed by atoms with E-state index in [0.717, 1.165) is 0 Å². The molecule has 0 aliphatic heterocycles. The number of carboxylic acids is 1. The van der Waals surface area contributed by atoms with Gasteiger partial charge in [0, 0.05) is 13.7 Å². The minimum absolute atomic E-state index is 0.0963. The van der Waals surface area contributed by atoms with Crippen LogP contribution in [0, 0.1) is 13.8 Å². The van der Waals surface area contributed by atoms with Gasteiger partial charge in [0.15, 0.2) is 0 Å². The summed E-state index contributed by atoms with van der Waals surface area (Å²) in [4.78, 5) is 10.7. The molecule has 1 rings (SSSR count). The molecule has 1 heterocycles. The minimum atomic E-state index is -3.67. The number of methoxy groups -OCH3 is 1. The third-order valence-electron chi connectivity index (χ3n) is 2.72. The maximum atomic E-state index is 12.2. The van der Waals surface area contributed by atoms with Crippen molar-refractivity contribution < 1.29 is 23.1 Å². The van der Waals surface area contributed by atoms with E-state index < -0.39 is 16.0 Å². The Morgan fingerprint density at radius 2 is 2.10 bits per heavy atom. The molecule has 0 saturated heterocycles. The van der Waals surface area contributed by atoms with Crippen LogP contribution in [0.25, 0.3) is 0 Å². The molecule has 0 aliphatic rings. The van der Waals surface area contributed by atoms with E-state index in [0.29, 0.717) is 11.4 Å². The second-order valence-corrected chi connectivity index (χ2v) is 5.96. The van der Waals surface area contributed by atoms with Crippen molar-refractivity contribution in [2.75, 3.05) is 20.3 Å². The Morgan fingerprint density at radius 3 is 2.65 bits per heavy atom. The highest BCUT2D eigenvalue weighted by molar-refractivity contribution is 7.89. The lowest BCUT2D eigenvalue weighted by Gasteiger charge is -2.07. The number of aliphatic carboxylic acids is 1. The SMILES string of the molecule is COCCNS(=O)(=O)c1c(C)nn(CCC(=O)O)c1C. The van der Waals surface area contributed by atoms with Crippen LogP contribution in [0.4, 0.5) is 0 Å². The summed E-state index contributed by atoms with van der Waals surface area (Å²) in [6.07, 6.45) is -0.113. The number of nitrogens with zero attached hydrogens (tertiary/aromatic N) is 2. The summed E-state index contributed by atoms with van der Waals surface area (Å²) < 4.78 is 32.9. The summed E-state index contributed by atoms with van der Waals surface area (Å²) >= 11 is 0. The van der Waals surface area contributed by atoms with Crippen molar-refractivity contribution in [3.63, 3.8) is 0 Å². The number of aryl methyl sites for hydroxylation is 2. The third kappa shape index (κ3) is 4.02. The number of nitrogens with one attached hydrogen (secondary N) is 1. The van der Waals surface area contributed by atoms with Gasteiger partial charge in [0.1, 0.15) is 4.90 Å². The number of carboxylic acid groups (broad SMARTS) is 1. The van der Waals surface area contributed by atoms with Crippen molar-refractivity contribution >= 4 is 16.0 Å². The molecule has 114 valence electrons. The molecule has 1 aromatic rings. The Kier molecular flexibility index (Phi) is 5.66. The van der Waals surface area contributed by atoms with Gasteiger partial charge in [-0.25, -0.2) is 13.1 Å². The number of ether oxygens (including phenoxy) is 1. The van der Waals surface area contributed by atoms with E-state index in [1.807, 2.05) is 0 Å². The first-order valence-corrected chi connectivity index (χ1v) is 7.52. The molecule has 0 saturated carbocycles. The molecule has 0 unspecified atom stereocenters. The first-order chi connectivity index (χ1) is 9.29. The molecule has 0 spiro atoms. The van der Waals surface area contributed by atoms with Crippen molar-refractivity contribution in [3.8, 4) is 0 Å². The summed E-state index contributed by atoms with van der Waals surface area (Å²) in [6, 6.07) is 0. The predicted octanol–water partition coefficient (Wildman–Crippen LogP) is -0.101. The molecular formula is C11H19N3O5S. The molecule has 0 aromatic carbocycles. The number of hydrogen-bond donors (Lipinski definition) is 2. The second kappa shape index (κ2) is 6.82. The zero-order chi connectivity index (χ0) is 15.3. The summed E-state index contributed by atoms with van der Waals surface area (Å²) in [5, 5.41) is 12.7. The van der Waals surface area contributed by atoms with E-state index in [-0.39, 0.29) is 31.0 Å². The number of rotatable bonds is 8. The molecular weight excluding hydrogens is 286 g/mol. The smallest absolute Gasteiger partial charge is 0.305 e. The molecule has 0 bridgehead atoms. The molecule has 0 fully saturated rings. The molecule has 1 aromatic heterocycles. The molecule has 20 heavy (non-hydrogen) atoms. The lowest BCUT2D eigenvalue weighted by atomic mass is 10.4. The van der Waals surface area contributed by atoms with Crippen LogP contribution in [0.5, 0.6) is 0 Å². The van der Waals surface area contributed by atoms with E-state index >= 15 is 0 Å². The standard InChI is InChI=1S/C11H19N3O5S/c1-8-11(20(17,18)12-5-7-19-3)9(2)14(13-8)6-4-10(15)16/h12H,4-7H2,1-3H3,(H,15,16). The Balaban J connectivity index is 2.97. The van der Waals surface area contributed by atoms with Crippen molar-refractivity contribution in [1.29, 1.82) is 0 Å². The topological polar surface area (TPSA) is 111 Å². The first kappa shape index (κ1) is 16.6. The Bertz CT molecular complexity index is 579. The fraction of sp³-hybridized carbons (Fsp3) is 0.636. The van der Waals surface area contributed by atoms with E-state index in [1.165, 1.54) is 11.8 Å². The van der Waals surface area contributed by atoms with E-state index in [1.54, 1.807) is 13.8 Å². The normalized spacial score (nSPS) is 11.8. The molecule has 0 atom stereocenters. The van der Waals surface area contributed by atoms with Crippen molar-refractivity contribution in [1.82, 2.24) is 14.5 Å². The fourth-order valence-corrected chi connectivity index (χ4v) is 3.26. The Hall–Kier alpha value is -1.45. The van der Waals surface area contributed by atoms with Gasteiger partial charge in [-0.3, -0.25) is 9.48 Å². The van der Waals surface area contributed by atoms with Crippen LogP contribution in [0.2, 0.25) is 0 Å². The lowest BCUT2D eigenvalue weighted by Crippen LogP contribution is -2.28. The minimum Gasteiger partial charge on any atom is -0.481 e. The molecule has 0 radical (unpaired) electrons. The van der Waals surface area contributed by atoms with Crippen LogP contribution >= 0.6 is 0 Å². The van der Waals surface area contributed by atoms with Crippen LogP contribution in [0.3, 0.4) is 0 Å². The van der Waals surface area contributed by atoms with Gasteiger partial charge in [-0.2, -0.15) is 5.10 Å². The average Bonchev–Trinajstić information content (AvgIpc) is 2.62. The predicted molar refractivity (Wildman–Crippen MR) is 71.0 cm³/mol. The maximum Gasteiger partial charge on any atom is 0.305 e. The van der Waals surface area contributed by atoms with Gasteiger partial charge < -0.3 is 9.84 Å². The lowest BCUT2D eigenvalue weighted by molar-refractivity contribution is -0.137. The van der Waals surface area contributed by atoms with Gasteiger partial charge in [0.25, 0.3) is 0 Å². The third-order valence-corrected chi connectivity index (χ3v) is 4.43. The summed E-state index contributed by atoms with van der Waals surface area (Å²) in [5.74, 6) is -0.958. The van der Waals surface area contributed by atoms with Gasteiger partial charge in [-0.1, -0.05) is 0 Å². The van der Waals surface area contributed by atoms with Crippen LogP contribution in [-0.4, -0.2) is 49.5 Å². The van der Waals surface area contributed by atoms with E-state index in [2.05, 4.69) is 9.82 Å². The summed E-state index contributed by atoms with van der Waals surface area (Å²) in [7, 11) is -2.19. The van der Waals surface area contributed by atoms with Gasteiger partial charge in [-0.15, -0.1) is 0 Å². The van der Waals surface area contributed by atoms with Gasteiger partial charge in [0.2, 0.25) is 10.0 Å². The Morgan fingerprint density at radius 1 is 1.45 bits per heavy atom. The number of aromatic nitrogens is 2. The largest absolute Gasteiger partial charge is 0.481 e. The molecule has 2 N–H and O–H groups in total. The van der Waals surface area contributed by atoms with Crippen molar-refractivity contribution in [3.05, 3.63) is 11.4 Å². The second-order valence-electron chi connectivity index (χ2n) is 4.26. The van der Waals surface area contributed by atoms with Gasteiger partial charge in [0.05, 0.1) is 31.0 Å². The fourth-order valence-electron chi connectivity index (χ4n) is 1.84. The van der Waals surface area contributed by atoms with E-state index in [9.17, 15) is 13.2 Å². The zero-order valence-electron chi connectivity index (χ0n) is 11.7. The highest BCUT2D eigenvalue weighted by atomic mass is 32.2. The first-order valence-electron chi connectivity index (χ1n) is 6.04. The van der Waals surface area contributed by atoms with Crippen LogP contribution in [-0.2, 0) is 26.1 Å². The number of hydrogen-bond acceptors (Lipinski definition) is 5. The monoisotopic (exact) mass is 305 g/mol. The van der Waals surface area contributed by atoms with Crippen molar-refractivity contribution in [2.24, 2.45) is 0 Å². The number of carbonyl (C=O) groups is 1. The van der Waals surface area contributed by atoms with Crippen molar-refractivity contribution in [2.45, 2.75) is 31.7 Å². The Labute approximate surface area is 117 Å². The van der Waals surface area contributed by atoms with Crippen LogP contribution in [0.15, 0.2) is 4.90 Å². The maximum absolute atomic E-state index is 12.2. The summed E-state index contributed by atoms with van der Waals surface area (Å²) in [5.41, 5.74) is 0.770.